The predicted octanol–water partition coefficient (Wildman–Crippen LogP) is 2.53. The third kappa shape index (κ3) is 1.89. The Bertz CT molecular complexity index is 463. The van der Waals surface area contributed by atoms with Crippen LogP contribution in [0.25, 0.3) is 0 Å². The minimum atomic E-state index is -0.196. The number of nitrogens with one attached hydrogen (secondary N) is 1. The van der Waals surface area contributed by atoms with E-state index in [1.807, 2.05) is 0 Å². The topological polar surface area (TPSA) is 68.3 Å². The van der Waals surface area contributed by atoms with Crippen LogP contribution in [0.2, 0.25) is 0 Å². The monoisotopic (exact) mass is 314 g/mol. The van der Waals surface area contributed by atoms with Crippen LogP contribution in [-0.4, -0.2) is 18.0 Å². The molecule has 1 heterocycles. The van der Waals surface area contributed by atoms with Crippen LogP contribution in [0.5, 0.6) is 0 Å². The van der Waals surface area contributed by atoms with Gasteiger partial charge in [0.05, 0.1) is 0 Å². The van der Waals surface area contributed by atoms with Gasteiger partial charge in [-0.2, -0.15) is 0 Å². The molecule has 0 saturated heterocycles. The number of nitrogens with two attached hydrogens (primary N) is 1. The highest BCUT2D eigenvalue weighted by atomic mass is 79.9. The molecule has 1 aromatic rings. The molecule has 0 unspecified atom stereocenters. The fraction of sp³-hybridized carbons (Fsp3) is 0.615. The molecule has 0 aromatic carbocycles. The van der Waals surface area contributed by atoms with Crippen molar-refractivity contribution >= 4 is 21.8 Å². The Hall–Kier alpha value is -0.810. The molecule has 1 aromatic heterocycles. The lowest BCUT2D eigenvalue weighted by Gasteiger charge is -2.62. The highest BCUT2D eigenvalue weighted by molar-refractivity contribution is 9.10. The molecule has 1 fully saturated rings. The van der Waals surface area contributed by atoms with E-state index in [9.17, 15) is 4.79 Å². The Labute approximate surface area is 115 Å². The van der Waals surface area contributed by atoms with Crippen molar-refractivity contribution in [1.29, 1.82) is 0 Å². The van der Waals surface area contributed by atoms with Gasteiger partial charge in [0.25, 0.3) is 5.91 Å². The number of rotatable bonds is 2. The molecule has 2 rings (SSSR count). The lowest BCUT2D eigenvalue weighted by Crippen LogP contribution is -2.76. The average molecular weight is 315 g/mol. The van der Waals surface area contributed by atoms with Gasteiger partial charge in [-0.3, -0.25) is 4.79 Å². The molecule has 0 bridgehead atoms. The van der Waals surface area contributed by atoms with Gasteiger partial charge >= 0.3 is 0 Å². The summed E-state index contributed by atoms with van der Waals surface area (Å²) in [5, 5.41) is 3.02. The first-order valence-corrected chi connectivity index (χ1v) is 6.78. The van der Waals surface area contributed by atoms with Crippen LogP contribution in [0.15, 0.2) is 21.2 Å². The van der Waals surface area contributed by atoms with Crippen LogP contribution < -0.4 is 11.1 Å². The maximum atomic E-state index is 12.1. The van der Waals surface area contributed by atoms with Gasteiger partial charge in [-0.25, -0.2) is 0 Å². The summed E-state index contributed by atoms with van der Waals surface area (Å²) in [6.45, 7) is 8.30. The van der Waals surface area contributed by atoms with Crippen molar-refractivity contribution in [1.82, 2.24) is 5.32 Å². The van der Waals surface area contributed by atoms with E-state index < -0.39 is 0 Å². The van der Waals surface area contributed by atoms with E-state index in [0.717, 1.165) is 0 Å². The van der Waals surface area contributed by atoms with Gasteiger partial charge in [-0.15, -0.1) is 0 Å². The largest absolute Gasteiger partial charge is 0.444 e. The second-order valence-corrected chi connectivity index (χ2v) is 6.91. The minimum absolute atomic E-state index is 0.0383. The van der Waals surface area contributed by atoms with Crippen LogP contribution in [0.3, 0.4) is 0 Å². The van der Waals surface area contributed by atoms with Crippen molar-refractivity contribution in [2.24, 2.45) is 16.6 Å². The summed E-state index contributed by atoms with van der Waals surface area (Å²) in [6.07, 6.45) is 0. The lowest BCUT2D eigenvalue weighted by molar-refractivity contribution is -0.0666. The van der Waals surface area contributed by atoms with Gasteiger partial charge in [0.2, 0.25) is 0 Å². The number of carbonyl (C=O) groups excluding carboxylic acids is 1. The molecule has 100 valence electrons. The summed E-state index contributed by atoms with van der Waals surface area (Å²) in [6, 6.07) is 3.46. The van der Waals surface area contributed by atoms with Crippen molar-refractivity contribution in [3.05, 3.63) is 22.6 Å². The third-order valence-corrected chi connectivity index (χ3v) is 4.59. The van der Waals surface area contributed by atoms with Crippen molar-refractivity contribution in [2.45, 2.75) is 39.8 Å². The van der Waals surface area contributed by atoms with E-state index in [-0.39, 0.29) is 28.8 Å². The molecule has 0 spiro atoms. The van der Waals surface area contributed by atoms with E-state index in [2.05, 4.69) is 48.9 Å². The molecule has 1 aliphatic carbocycles. The Morgan fingerprint density at radius 3 is 2.33 bits per heavy atom. The molecule has 0 atom stereocenters. The normalized spacial score (nSPS) is 28.6. The van der Waals surface area contributed by atoms with Gasteiger partial charge in [0.1, 0.15) is 0 Å². The SMILES string of the molecule is CC1(C)C(N)C(C)(C)C1NC(=O)c1ccc(Br)o1. The highest BCUT2D eigenvalue weighted by Crippen LogP contribution is 2.52. The van der Waals surface area contributed by atoms with Gasteiger partial charge in [0, 0.05) is 22.9 Å². The first-order valence-electron chi connectivity index (χ1n) is 5.99. The second kappa shape index (κ2) is 4.10. The zero-order valence-electron chi connectivity index (χ0n) is 11.1. The predicted molar refractivity (Wildman–Crippen MR) is 73.2 cm³/mol. The second-order valence-electron chi connectivity index (χ2n) is 6.13. The van der Waals surface area contributed by atoms with Crippen LogP contribution in [0, 0.1) is 10.8 Å². The maximum Gasteiger partial charge on any atom is 0.287 e. The third-order valence-electron chi connectivity index (χ3n) is 4.16. The fourth-order valence-electron chi connectivity index (χ4n) is 3.19. The number of halogens is 1. The smallest absolute Gasteiger partial charge is 0.287 e. The van der Waals surface area contributed by atoms with Gasteiger partial charge < -0.3 is 15.5 Å². The Morgan fingerprint density at radius 2 is 1.89 bits per heavy atom. The van der Waals surface area contributed by atoms with Crippen molar-refractivity contribution in [3.63, 3.8) is 0 Å². The maximum absolute atomic E-state index is 12.1. The zero-order valence-corrected chi connectivity index (χ0v) is 12.7. The molecular formula is C13H19BrN2O2. The number of amides is 1. The molecule has 3 N–H and O–H groups in total. The summed E-state index contributed by atoms with van der Waals surface area (Å²) < 4.78 is 5.80. The van der Waals surface area contributed by atoms with Crippen molar-refractivity contribution in [2.75, 3.05) is 0 Å². The molecule has 1 amide bonds. The summed E-state index contributed by atoms with van der Waals surface area (Å²) in [4.78, 5) is 12.1. The minimum Gasteiger partial charge on any atom is -0.444 e. The van der Waals surface area contributed by atoms with Crippen molar-refractivity contribution in [3.8, 4) is 0 Å². The summed E-state index contributed by atoms with van der Waals surface area (Å²) >= 11 is 3.19. The summed E-state index contributed by atoms with van der Waals surface area (Å²) in [5.41, 5.74) is 5.94. The average Bonchev–Trinajstić information content (AvgIpc) is 2.71. The van der Waals surface area contributed by atoms with Crippen molar-refractivity contribution < 1.29 is 9.21 Å². The van der Waals surface area contributed by atoms with E-state index in [1.165, 1.54) is 0 Å². The standard InChI is InChI=1S/C13H19BrN2O2/c1-12(2)10(15)13(3,4)11(12)16-9(17)7-5-6-8(14)18-7/h5-6,10-11H,15H2,1-4H3,(H,16,17). The number of carbonyl (C=O) groups is 1. The van der Waals surface area contributed by atoms with Gasteiger partial charge in [-0.1, -0.05) is 27.7 Å². The zero-order chi connectivity index (χ0) is 13.7. The van der Waals surface area contributed by atoms with E-state index >= 15 is 0 Å². The van der Waals surface area contributed by atoms with Gasteiger partial charge in [-0.05, 0) is 28.1 Å². The summed E-state index contributed by atoms with van der Waals surface area (Å²) in [7, 11) is 0. The first kappa shape index (κ1) is 13.6. The van der Waals surface area contributed by atoms with Crippen LogP contribution in [0.1, 0.15) is 38.2 Å². The molecule has 1 aliphatic rings. The van der Waals surface area contributed by atoms with Crippen LogP contribution >= 0.6 is 15.9 Å². The fourth-order valence-corrected chi connectivity index (χ4v) is 3.50. The van der Waals surface area contributed by atoms with Crippen LogP contribution in [0.4, 0.5) is 0 Å². The number of hydrogen-bond donors (Lipinski definition) is 2. The molecule has 5 heteroatoms. The molecule has 0 radical (unpaired) electrons. The number of hydrogen-bond acceptors (Lipinski definition) is 3. The molecule has 0 aliphatic heterocycles. The lowest BCUT2D eigenvalue weighted by atomic mass is 9.48. The highest BCUT2D eigenvalue weighted by Gasteiger charge is 2.60. The molecular weight excluding hydrogens is 296 g/mol. The number of furan rings is 1. The van der Waals surface area contributed by atoms with Gasteiger partial charge in [0.15, 0.2) is 10.4 Å². The van der Waals surface area contributed by atoms with E-state index in [1.54, 1.807) is 12.1 Å². The Kier molecular flexibility index (Phi) is 3.10. The summed E-state index contributed by atoms with van der Waals surface area (Å²) in [5.74, 6) is 0.118. The first-order chi connectivity index (χ1) is 8.17. The van der Waals surface area contributed by atoms with E-state index in [0.29, 0.717) is 10.4 Å². The molecule has 4 nitrogen and oxygen atoms in total. The Morgan fingerprint density at radius 1 is 1.33 bits per heavy atom. The molecule has 1 saturated carbocycles. The van der Waals surface area contributed by atoms with Crippen LogP contribution in [-0.2, 0) is 0 Å². The van der Waals surface area contributed by atoms with E-state index in [4.69, 9.17) is 10.2 Å². The molecule has 18 heavy (non-hydrogen) atoms. The quantitative estimate of drug-likeness (QED) is 0.881. The Balaban J connectivity index is 2.13.